The van der Waals surface area contributed by atoms with Crippen LogP contribution in [-0.2, 0) is 22.6 Å². The summed E-state index contributed by atoms with van der Waals surface area (Å²) in [5, 5.41) is 22.1. The van der Waals surface area contributed by atoms with E-state index >= 15 is 0 Å². The van der Waals surface area contributed by atoms with E-state index in [9.17, 15) is 14.9 Å². The van der Waals surface area contributed by atoms with E-state index in [1.165, 1.54) is 11.3 Å². The second kappa shape index (κ2) is 9.74. The van der Waals surface area contributed by atoms with Crippen molar-refractivity contribution in [3.8, 4) is 11.8 Å². The fourth-order valence-electron chi connectivity index (χ4n) is 3.66. The highest BCUT2D eigenvalue weighted by Crippen LogP contribution is 2.37. The Morgan fingerprint density at radius 2 is 2.17 bits per heavy atom. The number of ether oxygens (including phenoxy) is 1. The molecule has 0 spiro atoms. The van der Waals surface area contributed by atoms with Crippen molar-refractivity contribution in [3.63, 3.8) is 0 Å². The molecule has 0 aliphatic carbocycles. The Morgan fingerprint density at radius 1 is 1.40 bits per heavy atom. The number of nitriles is 1. The molecular formula is C22H25N3O4S. The minimum Gasteiger partial charge on any atom is -0.494 e. The number of para-hydroxylation sites is 1. The smallest absolute Gasteiger partial charge is 0.248 e. The number of hydrogen-bond donors (Lipinski definition) is 2. The predicted octanol–water partition coefficient (Wildman–Crippen LogP) is 3.03. The summed E-state index contributed by atoms with van der Waals surface area (Å²) in [5.41, 5.74) is 2.33. The van der Waals surface area contributed by atoms with Gasteiger partial charge in [0.15, 0.2) is 0 Å². The van der Waals surface area contributed by atoms with Gasteiger partial charge in [-0.05, 0) is 36.5 Å². The van der Waals surface area contributed by atoms with Crippen LogP contribution in [-0.4, -0.2) is 41.6 Å². The normalized spacial score (nSPS) is 13.9. The molecule has 30 heavy (non-hydrogen) atoms. The summed E-state index contributed by atoms with van der Waals surface area (Å²) >= 11 is 1.33. The topological polar surface area (TPSA) is 103 Å². The van der Waals surface area contributed by atoms with Crippen LogP contribution >= 0.6 is 11.3 Å². The second-order valence-corrected chi connectivity index (χ2v) is 8.27. The summed E-state index contributed by atoms with van der Waals surface area (Å²) in [6, 6.07) is 9.88. The molecule has 2 amide bonds. The number of anilines is 1. The van der Waals surface area contributed by atoms with Crippen LogP contribution in [0.1, 0.15) is 47.8 Å². The summed E-state index contributed by atoms with van der Waals surface area (Å²) in [6.45, 7) is 4.72. The molecule has 1 aromatic heterocycles. The number of nitrogens with one attached hydrogen (secondary N) is 1. The van der Waals surface area contributed by atoms with Gasteiger partial charge in [-0.15, -0.1) is 11.3 Å². The Hall–Kier alpha value is -2.89. The molecule has 1 aliphatic rings. The molecule has 1 unspecified atom stereocenters. The molecule has 7 nitrogen and oxygen atoms in total. The third-order valence-corrected chi connectivity index (χ3v) is 6.28. The first kappa shape index (κ1) is 21.8. The lowest BCUT2D eigenvalue weighted by molar-refractivity contribution is -0.135. The number of rotatable bonds is 7. The highest BCUT2D eigenvalue weighted by Gasteiger charge is 2.27. The number of nitrogens with zero attached hydrogens (tertiary/aromatic N) is 2. The molecule has 1 aliphatic heterocycles. The Kier molecular flexibility index (Phi) is 7.08. The lowest BCUT2D eigenvalue weighted by Gasteiger charge is -2.26. The van der Waals surface area contributed by atoms with Crippen LogP contribution in [0.15, 0.2) is 24.3 Å². The van der Waals surface area contributed by atoms with E-state index in [0.29, 0.717) is 36.7 Å². The first-order valence-electron chi connectivity index (χ1n) is 9.93. The fraction of sp³-hybridized carbons (Fsp3) is 0.409. The molecule has 2 heterocycles. The van der Waals surface area contributed by atoms with E-state index in [1.54, 1.807) is 4.90 Å². The molecule has 0 bridgehead atoms. The number of benzene rings is 1. The number of hydrogen-bond acceptors (Lipinski definition) is 6. The lowest BCUT2D eigenvalue weighted by Crippen LogP contribution is -2.37. The number of fused-ring (bicyclic) bond motifs is 1. The van der Waals surface area contributed by atoms with Crippen molar-refractivity contribution in [1.29, 1.82) is 5.26 Å². The average molecular weight is 428 g/mol. The maximum Gasteiger partial charge on any atom is 0.248 e. The zero-order chi connectivity index (χ0) is 21.7. The number of amides is 2. The van der Waals surface area contributed by atoms with Gasteiger partial charge in [0.1, 0.15) is 23.4 Å². The van der Waals surface area contributed by atoms with Crippen molar-refractivity contribution >= 4 is 28.2 Å². The molecule has 0 radical (unpaired) electrons. The van der Waals surface area contributed by atoms with Crippen LogP contribution in [0.3, 0.4) is 0 Å². The largest absolute Gasteiger partial charge is 0.494 e. The molecule has 3 rings (SSSR count). The zero-order valence-corrected chi connectivity index (χ0v) is 17.9. The van der Waals surface area contributed by atoms with Crippen molar-refractivity contribution in [2.75, 3.05) is 25.1 Å². The van der Waals surface area contributed by atoms with Crippen LogP contribution in [0.25, 0.3) is 0 Å². The number of carbonyl (C=O) groups is 2. The Labute approximate surface area is 179 Å². The quantitative estimate of drug-likeness (QED) is 0.707. The Bertz CT molecular complexity index is 979. The maximum absolute atomic E-state index is 12.7. The molecule has 2 N–H and O–H groups in total. The van der Waals surface area contributed by atoms with Crippen LogP contribution < -0.4 is 10.1 Å². The van der Waals surface area contributed by atoms with Gasteiger partial charge in [0.2, 0.25) is 11.8 Å². The van der Waals surface area contributed by atoms with E-state index in [2.05, 4.69) is 11.4 Å². The monoisotopic (exact) mass is 427 g/mol. The van der Waals surface area contributed by atoms with Crippen LogP contribution in [0.4, 0.5) is 5.00 Å². The summed E-state index contributed by atoms with van der Waals surface area (Å²) in [5.74, 6) is 0.218. The number of aliphatic hydroxyl groups is 1. The van der Waals surface area contributed by atoms with Gasteiger partial charge in [-0.3, -0.25) is 9.59 Å². The molecule has 0 fully saturated rings. The van der Waals surface area contributed by atoms with Gasteiger partial charge in [0, 0.05) is 17.8 Å². The van der Waals surface area contributed by atoms with E-state index in [-0.39, 0.29) is 24.2 Å². The predicted molar refractivity (Wildman–Crippen MR) is 115 cm³/mol. The van der Waals surface area contributed by atoms with Gasteiger partial charge in [0.05, 0.1) is 18.7 Å². The molecule has 0 saturated carbocycles. The van der Waals surface area contributed by atoms with Crippen LogP contribution in [0.2, 0.25) is 0 Å². The standard InChI is InChI=1S/C22H25N3O4S/c1-3-29-18-7-5-4-6-15(18)14(2)10-20(27)24-22-17(11-23)16-8-9-25(21(28)13-26)12-19(16)30-22/h4-7,14,26H,3,8-10,12-13H2,1-2H3,(H,24,27). The first-order chi connectivity index (χ1) is 14.5. The van der Waals surface area contributed by atoms with Crippen molar-refractivity contribution in [3.05, 3.63) is 45.8 Å². The SMILES string of the molecule is CCOc1ccccc1C(C)CC(=O)Nc1sc2c(c1C#N)CCN(C(=O)CO)C2. The second-order valence-electron chi connectivity index (χ2n) is 7.17. The maximum atomic E-state index is 12.7. The van der Waals surface area contributed by atoms with E-state index in [1.807, 2.05) is 38.1 Å². The van der Waals surface area contributed by atoms with Crippen molar-refractivity contribution in [1.82, 2.24) is 4.90 Å². The number of thiophene rings is 1. The summed E-state index contributed by atoms with van der Waals surface area (Å²) in [4.78, 5) is 26.9. The molecule has 2 aromatic rings. The summed E-state index contributed by atoms with van der Waals surface area (Å²) < 4.78 is 5.67. The Balaban J connectivity index is 1.73. The zero-order valence-electron chi connectivity index (χ0n) is 17.1. The average Bonchev–Trinajstić information content (AvgIpc) is 3.09. The van der Waals surface area contributed by atoms with E-state index in [0.717, 1.165) is 21.8 Å². The molecular weight excluding hydrogens is 402 g/mol. The third kappa shape index (κ3) is 4.64. The van der Waals surface area contributed by atoms with Gasteiger partial charge in [-0.2, -0.15) is 5.26 Å². The van der Waals surface area contributed by atoms with Crippen molar-refractivity contribution < 1.29 is 19.4 Å². The van der Waals surface area contributed by atoms with Crippen LogP contribution in [0, 0.1) is 11.3 Å². The van der Waals surface area contributed by atoms with Gasteiger partial charge in [0.25, 0.3) is 0 Å². The first-order valence-corrected chi connectivity index (χ1v) is 10.7. The summed E-state index contributed by atoms with van der Waals surface area (Å²) in [6.07, 6.45) is 0.793. The molecule has 0 saturated heterocycles. The van der Waals surface area contributed by atoms with Gasteiger partial charge >= 0.3 is 0 Å². The third-order valence-electron chi connectivity index (χ3n) is 5.15. The molecule has 1 atom stereocenters. The molecule has 1 aromatic carbocycles. The lowest BCUT2D eigenvalue weighted by atomic mass is 9.96. The minimum atomic E-state index is -0.531. The number of carbonyl (C=O) groups excluding carboxylic acids is 2. The number of aliphatic hydroxyl groups excluding tert-OH is 1. The van der Waals surface area contributed by atoms with Gasteiger partial charge < -0.3 is 20.1 Å². The highest BCUT2D eigenvalue weighted by atomic mass is 32.1. The van der Waals surface area contributed by atoms with Crippen molar-refractivity contribution in [2.24, 2.45) is 0 Å². The summed E-state index contributed by atoms with van der Waals surface area (Å²) in [7, 11) is 0. The van der Waals surface area contributed by atoms with Crippen molar-refractivity contribution in [2.45, 2.75) is 39.2 Å². The fourth-order valence-corrected chi connectivity index (χ4v) is 4.89. The Morgan fingerprint density at radius 3 is 2.87 bits per heavy atom. The highest BCUT2D eigenvalue weighted by molar-refractivity contribution is 7.16. The minimum absolute atomic E-state index is 0.0504. The van der Waals surface area contributed by atoms with E-state index in [4.69, 9.17) is 9.84 Å². The van der Waals surface area contributed by atoms with Gasteiger partial charge in [-0.1, -0.05) is 25.1 Å². The molecule has 158 valence electrons. The van der Waals surface area contributed by atoms with Crippen LogP contribution in [0.5, 0.6) is 5.75 Å². The van der Waals surface area contributed by atoms with E-state index < -0.39 is 6.61 Å². The molecule has 8 heteroatoms. The van der Waals surface area contributed by atoms with Gasteiger partial charge in [-0.25, -0.2) is 0 Å².